The van der Waals surface area contributed by atoms with Crippen LogP contribution in [0.25, 0.3) is 0 Å². The molecule has 1 aromatic carbocycles. The summed E-state index contributed by atoms with van der Waals surface area (Å²) in [6, 6.07) is 7.51. The number of morpholine rings is 1. The van der Waals surface area contributed by atoms with Gasteiger partial charge in [-0.05, 0) is 31.0 Å². The number of nitrogens with one attached hydrogen (secondary N) is 1. The van der Waals surface area contributed by atoms with E-state index in [1.807, 2.05) is 24.3 Å². The highest BCUT2D eigenvalue weighted by Crippen LogP contribution is 2.76. The van der Waals surface area contributed by atoms with Crippen LogP contribution in [0.4, 0.5) is 5.69 Å². The third kappa shape index (κ3) is 1.68. The van der Waals surface area contributed by atoms with Gasteiger partial charge in [0.25, 0.3) is 0 Å². The Balaban J connectivity index is 1.61. The van der Waals surface area contributed by atoms with Crippen molar-refractivity contribution in [1.82, 2.24) is 10.2 Å². The smallest absolute Gasteiger partial charge is 0.234 e. The molecule has 1 N–H and O–H groups in total. The number of aliphatic imine (C=N–C) groups is 1. The van der Waals surface area contributed by atoms with Gasteiger partial charge in [0.05, 0.1) is 29.9 Å². The number of benzene rings is 1. The van der Waals surface area contributed by atoms with Crippen molar-refractivity contribution >= 4 is 29.0 Å². The van der Waals surface area contributed by atoms with Gasteiger partial charge in [-0.3, -0.25) is 9.69 Å². The molecule has 3 atom stereocenters. The first kappa shape index (κ1) is 14.9. The van der Waals surface area contributed by atoms with Gasteiger partial charge < -0.3 is 10.1 Å². The molecule has 0 radical (unpaired) electrons. The number of fused-ring (bicyclic) bond motifs is 1. The lowest BCUT2D eigenvalue weighted by molar-refractivity contribution is -0.125. The molecule has 1 spiro atoms. The molecule has 2 saturated heterocycles. The predicted molar refractivity (Wildman–Crippen MR) is 91.6 cm³/mol. The Hall–Kier alpha value is -1.43. The first-order valence-corrected chi connectivity index (χ1v) is 9.06. The molecule has 0 bridgehead atoms. The lowest BCUT2D eigenvalue weighted by atomic mass is 9.95. The second-order valence-corrected chi connectivity index (χ2v) is 7.61. The molecule has 2 saturated carbocycles. The number of amides is 1. The summed E-state index contributed by atoms with van der Waals surface area (Å²) >= 11 is 6.10. The van der Waals surface area contributed by atoms with Crippen LogP contribution in [0, 0.1) is 11.3 Å². The Morgan fingerprint density at radius 1 is 1.33 bits per heavy atom. The number of hydrogen-bond acceptors (Lipinski definition) is 4. The molecular formula is C18H20ClN3O2. The van der Waals surface area contributed by atoms with Gasteiger partial charge >= 0.3 is 0 Å². The van der Waals surface area contributed by atoms with Gasteiger partial charge in [0.2, 0.25) is 5.91 Å². The van der Waals surface area contributed by atoms with Crippen LogP contribution in [0.2, 0.25) is 5.02 Å². The summed E-state index contributed by atoms with van der Waals surface area (Å²) in [4.78, 5) is 20.1. The first-order valence-electron chi connectivity index (χ1n) is 8.68. The van der Waals surface area contributed by atoms with Gasteiger partial charge in [0.15, 0.2) is 0 Å². The van der Waals surface area contributed by atoms with Gasteiger partial charge in [0.1, 0.15) is 5.84 Å². The van der Waals surface area contributed by atoms with Crippen LogP contribution in [0.5, 0.6) is 0 Å². The summed E-state index contributed by atoms with van der Waals surface area (Å²) in [6.45, 7) is 3.18. The molecule has 2 heterocycles. The molecule has 5 rings (SSSR count). The summed E-state index contributed by atoms with van der Waals surface area (Å²) < 4.78 is 5.53. The quantitative estimate of drug-likeness (QED) is 0.895. The van der Waals surface area contributed by atoms with Crippen LogP contribution in [0.15, 0.2) is 29.3 Å². The van der Waals surface area contributed by atoms with Gasteiger partial charge in [-0.2, -0.15) is 0 Å². The molecule has 4 aliphatic rings. The van der Waals surface area contributed by atoms with Crippen molar-refractivity contribution in [3.63, 3.8) is 0 Å². The molecule has 1 amide bonds. The van der Waals surface area contributed by atoms with E-state index < -0.39 is 0 Å². The van der Waals surface area contributed by atoms with Crippen LogP contribution in [-0.4, -0.2) is 48.5 Å². The number of carbonyl (C=O) groups excluding carboxylic acids is 1. The third-order valence-electron chi connectivity index (χ3n) is 6.32. The van der Waals surface area contributed by atoms with E-state index in [1.54, 1.807) is 0 Å². The molecule has 1 aromatic rings. The molecule has 24 heavy (non-hydrogen) atoms. The molecule has 126 valence electrons. The Bertz CT molecular complexity index is 746. The fourth-order valence-corrected chi connectivity index (χ4v) is 5.68. The zero-order chi connectivity index (χ0) is 16.4. The lowest BCUT2D eigenvalue weighted by Gasteiger charge is -2.36. The second-order valence-electron chi connectivity index (χ2n) is 7.18. The van der Waals surface area contributed by atoms with E-state index in [0.29, 0.717) is 10.9 Å². The van der Waals surface area contributed by atoms with Gasteiger partial charge in [-0.15, -0.1) is 0 Å². The predicted octanol–water partition coefficient (Wildman–Crippen LogP) is 2.37. The molecule has 2 aliphatic heterocycles. The monoisotopic (exact) mass is 345 g/mol. The minimum Gasteiger partial charge on any atom is -0.379 e. The molecule has 5 nitrogen and oxygen atoms in total. The molecule has 6 heteroatoms. The zero-order valence-corrected chi connectivity index (χ0v) is 14.2. The number of nitrogens with zero attached hydrogens (tertiary/aromatic N) is 2. The number of amidine groups is 1. The van der Waals surface area contributed by atoms with Crippen molar-refractivity contribution in [1.29, 1.82) is 0 Å². The van der Waals surface area contributed by atoms with Gasteiger partial charge in [-0.25, -0.2) is 4.99 Å². The number of hydrogen-bond donors (Lipinski definition) is 1. The van der Waals surface area contributed by atoms with Crippen molar-refractivity contribution < 1.29 is 9.53 Å². The minimum atomic E-state index is -0.262. The number of carbonyl (C=O) groups is 1. The molecule has 4 fully saturated rings. The van der Waals surface area contributed by atoms with Crippen LogP contribution in [-0.2, 0) is 9.53 Å². The largest absolute Gasteiger partial charge is 0.379 e. The zero-order valence-electron chi connectivity index (χ0n) is 13.4. The number of ether oxygens (including phenoxy) is 1. The van der Waals surface area contributed by atoms with E-state index in [-0.39, 0.29) is 16.9 Å². The van der Waals surface area contributed by atoms with Crippen molar-refractivity contribution in [3.05, 3.63) is 29.3 Å². The molecule has 0 unspecified atom stereocenters. The summed E-state index contributed by atoms with van der Waals surface area (Å²) in [5.41, 5.74) is 0.295. The first-order chi connectivity index (χ1) is 11.7. The van der Waals surface area contributed by atoms with Gasteiger partial charge in [0, 0.05) is 24.0 Å². The second kappa shape index (κ2) is 5.04. The van der Waals surface area contributed by atoms with Gasteiger partial charge in [-0.1, -0.05) is 24.1 Å². The Kier molecular flexibility index (Phi) is 3.12. The highest BCUT2D eigenvalue weighted by Gasteiger charge is 2.89. The normalized spacial score (nSPS) is 39.6. The molecule has 0 aromatic heterocycles. The van der Waals surface area contributed by atoms with E-state index in [0.717, 1.165) is 57.1 Å². The van der Waals surface area contributed by atoms with E-state index in [9.17, 15) is 4.79 Å². The SMILES string of the molecule is O=C1NC(=Nc2cccc(Cl)c2)[C@@]2(N3CCOCC3)[C@@H]3CCC[C@@]132. The summed E-state index contributed by atoms with van der Waals surface area (Å²) in [5, 5.41) is 3.77. The minimum absolute atomic E-state index is 0.164. The lowest BCUT2D eigenvalue weighted by Crippen LogP contribution is -2.53. The number of halogens is 1. The Morgan fingerprint density at radius 2 is 2.17 bits per heavy atom. The number of rotatable bonds is 2. The van der Waals surface area contributed by atoms with Crippen molar-refractivity contribution in [2.45, 2.75) is 24.8 Å². The maximum absolute atomic E-state index is 12.9. The highest BCUT2D eigenvalue weighted by atomic mass is 35.5. The van der Waals surface area contributed by atoms with E-state index in [1.165, 1.54) is 0 Å². The van der Waals surface area contributed by atoms with E-state index >= 15 is 0 Å². The Labute approximate surface area is 146 Å². The molecule has 2 aliphatic carbocycles. The summed E-state index contributed by atoms with van der Waals surface area (Å²) in [5.74, 6) is 1.38. The topological polar surface area (TPSA) is 53.9 Å². The van der Waals surface area contributed by atoms with Crippen LogP contribution >= 0.6 is 11.6 Å². The Morgan fingerprint density at radius 3 is 2.92 bits per heavy atom. The summed E-state index contributed by atoms with van der Waals surface area (Å²) in [6.07, 6.45) is 3.21. The van der Waals surface area contributed by atoms with Crippen molar-refractivity contribution in [2.75, 3.05) is 26.3 Å². The average Bonchev–Trinajstić information content (AvgIpc) is 2.85. The van der Waals surface area contributed by atoms with Crippen molar-refractivity contribution in [3.8, 4) is 0 Å². The van der Waals surface area contributed by atoms with E-state index in [4.69, 9.17) is 21.3 Å². The van der Waals surface area contributed by atoms with Crippen LogP contribution in [0.1, 0.15) is 19.3 Å². The standard InChI is InChI=1S/C18H20ClN3O2/c19-12-3-1-4-13(11-12)20-15-18(22-7-9-24-10-8-22)14-5-2-6-17(14,18)16(23)21-15/h1,3-4,11,14H,2,5-10H2,(H,20,21,23)/t14-,17+,18+/m1/s1. The van der Waals surface area contributed by atoms with Crippen LogP contribution < -0.4 is 5.32 Å². The number of piperidine rings is 1. The van der Waals surface area contributed by atoms with Crippen molar-refractivity contribution in [2.24, 2.45) is 16.3 Å². The van der Waals surface area contributed by atoms with Crippen LogP contribution in [0.3, 0.4) is 0 Å². The van der Waals surface area contributed by atoms with E-state index in [2.05, 4.69) is 10.2 Å². The third-order valence-corrected chi connectivity index (χ3v) is 6.55. The fraction of sp³-hybridized carbons (Fsp3) is 0.556. The highest BCUT2D eigenvalue weighted by molar-refractivity contribution is 6.30. The maximum Gasteiger partial charge on any atom is 0.234 e. The fourth-order valence-electron chi connectivity index (χ4n) is 5.50. The average molecular weight is 346 g/mol. The molecular weight excluding hydrogens is 326 g/mol. The summed E-state index contributed by atoms with van der Waals surface area (Å²) in [7, 11) is 0. The maximum atomic E-state index is 12.9.